The standard InChI is InChI=1S/C32H32F3N5OS/c1-18(2)30(41)37-25-14-13-22(16-19(25)3)40-29(28(38-31(40)42)26-11-8-9-15-36-26)23-17-20(4)39(21(23)5)27-12-7-6-10-24(27)32(33,34)35/h6-18,28-29H,1-5H3,(H,37,41)(H,38,42)/t28-,29+/m0/s1. The molecule has 1 aliphatic rings. The first-order valence-electron chi connectivity index (χ1n) is 13.7. The predicted octanol–water partition coefficient (Wildman–Crippen LogP) is 7.59. The van der Waals surface area contributed by atoms with Crippen LogP contribution >= 0.6 is 12.2 Å². The second-order valence-electron chi connectivity index (χ2n) is 10.8. The number of amides is 1. The highest BCUT2D eigenvalue weighted by molar-refractivity contribution is 7.80. The molecule has 2 aromatic heterocycles. The first kappa shape index (κ1) is 29.3. The topological polar surface area (TPSA) is 62.2 Å². The number of carbonyl (C=O) groups excluding carboxylic acids is 1. The highest BCUT2D eigenvalue weighted by atomic mass is 32.1. The summed E-state index contributed by atoms with van der Waals surface area (Å²) >= 11 is 5.86. The molecule has 1 amide bonds. The Bertz CT molecular complexity index is 1650. The Morgan fingerprint density at radius 3 is 2.38 bits per heavy atom. The number of para-hydroxylation sites is 1. The average molecular weight is 592 g/mol. The average Bonchev–Trinajstić information content (AvgIpc) is 3.44. The number of thiocarbonyl (C=S) groups is 1. The molecule has 6 nitrogen and oxygen atoms in total. The molecule has 0 spiro atoms. The van der Waals surface area contributed by atoms with Gasteiger partial charge in [-0.2, -0.15) is 13.2 Å². The lowest BCUT2D eigenvalue weighted by Gasteiger charge is -2.29. The Morgan fingerprint density at radius 2 is 1.74 bits per heavy atom. The molecule has 2 atom stereocenters. The van der Waals surface area contributed by atoms with Gasteiger partial charge < -0.3 is 20.1 Å². The van der Waals surface area contributed by atoms with E-state index in [4.69, 9.17) is 12.2 Å². The van der Waals surface area contributed by atoms with E-state index in [1.54, 1.807) is 23.8 Å². The fourth-order valence-corrected chi connectivity index (χ4v) is 5.88. The van der Waals surface area contributed by atoms with E-state index >= 15 is 0 Å². The lowest BCUT2D eigenvalue weighted by Crippen LogP contribution is -2.29. The summed E-state index contributed by atoms with van der Waals surface area (Å²) in [7, 11) is 0. The summed E-state index contributed by atoms with van der Waals surface area (Å²) in [6.45, 7) is 9.22. The summed E-state index contributed by atoms with van der Waals surface area (Å²) in [5, 5.41) is 6.84. The number of benzene rings is 2. The molecule has 0 unspecified atom stereocenters. The monoisotopic (exact) mass is 591 g/mol. The van der Waals surface area contributed by atoms with Crippen molar-refractivity contribution in [3.63, 3.8) is 0 Å². The molecule has 0 bridgehead atoms. The summed E-state index contributed by atoms with van der Waals surface area (Å²) < 4.78 is 43.8. The zero-order valence-corrected chi connectivity index (χ0v) is 24.8. The van der Waals surface area contributed by atoms with E-state index in [-0.39, 0.29) is 23.6 Å². The molecule has 1 aliphatic heterocycles. The van der Waals surface area contributed by atoms with Gasteiger partial charge in [-0.3, -0.25) is 9.78 Å². The number of halogens is 3. The van der Waals surface area contributed by atoms with Crippen LogP contribution < -0.4 is 15.5 Å². The molecule has 3 heterocycles. The Balaban J connectivity index is 1.65. The lowest BCUT2D eigenvalue weighted by molar-refractivity contribution is -0.137. The number of aromatic nitrogens is 2. The van der Waals surface area contributed by atoms with Crippen LogP contribution in [0.2, 0.25) is 0 Å². The second-order valence-corrected chi connectivity index (χ2v) is 11.2. The molecule has 5 rings (SSSR count). The van der Waals surface area contributed by atoms with Crippen molar-refractivity contribution in [2.24, 2.45) is 5.92 Å². The van der Waals surface area contributed by atoms with Gasteiger partial charge in [0.05, 0.1) is 29.0 Å². The van der Waals surface area contributed by atoms with Crippen LogP contribution in [-0.4, -0.2) is 20.6 Å². The molecule has 1 fully saturated rings. The van der Waals surface area contributed by atoms with Gasteiger partial charge in [0.2, 0.25) is 5.91 Å². The van der Waals surface area contributed by atoms with Crippen LogP contribution in [-0.2, 0) is 11.0 Å². The molecule has 4 aromatic rings. The van der Waals surface area contributed by atoms with Gasteiger partial charge in [0.25, 0.3) is 0 Å². The van der Waals surface area contributed by atoms with Crippen LogP contribution in [0.5, 0.6) is 0 Å². The van der Waals surface area contributed by atoms with Gasteiger partial charge in [0, 0.05) is 34.9 Å². The minimum Gasteiger partial charge on any atom is -0.351 e. The molecule has 218 valence electrons. The summed E-state index contributed by atoms with van der Waals surface area (Å²) in [6.07, 6.45) is -2.80. The Kier molecular flexibility index (Phi) is 7.85. The normalized spacial score (nSPS) is 17.1. The molecule has 2 aromatic carbocycles. The minimum absolute atomic E-state index is 0.0711. The zero-order valence-electron chi connectivity index (χ0n) is 24.0. The number of alkyl halides is 3. The van der Waals surface area contributed by atoms with E-state index in [0.29, 0.717) is 22.2 Å². The number of carbonyl (C=O) groups is 1. The lowest BCUT2D eigenvalue weighted by atomic mass is 9.96. The van der Waals surface area contributed by atoms with Crippen molar-refractivity contribution in [1.82, 2.24) is 14.9 Å². The quantitative estimate of drug-likeness (QED) is 0.226. The molecule has 1 saturated heterocycles. The van der Waals surface area contributed by atoms with Crippen molar-refractivity contribution >= 4 is 34.6 Å². The SMILES string of the molecule is Cc1cc(N2C(=S)N[C@@H](c3ccccn3)[C@H]2c2cc(C)n(-c3ccccc3C(F)(F)F)c2C)ccc1NC(=O)C(C)C. The van der Waals surface area contributed by atoms with E-state index in [9.17, 15) is 18.0 Å². The number of hydrogen-bond donors (Lipinski definition) is 2. The Morgan fingerprint density at radius 1 is 1.02 bits per heavy atom. The maximum Gasteiger partial charge on any atom is 0.418 e. The molecule has 0 aliphatic carbocycles. The molecule has 0 radical (unpaired) electrons. The van der Waals surface area contributed by atoms with E-state index in [1.165, 1.54) is 12.1 Å². The third-order valence-corrected chi connectivity index (χ3v) is 7.92. The maximum absolute atomic E-state index is 14.0. The summed E-state index contributed by atoms with van der Waals surface area (Å²) in [5.74, 6) is -0.246. The van der Waals surface area contributed by atoms with Crippen LogP contribution in [0.25, 0.3) is 5.69 Å². The van der Waals surface area contributed by atoms with Crippen LogP contribution in [0.15, 0.2) is 72.9 Å². The number of rotatable bonds is 6. The van der Waals surface area contributed by atoms with Crippen molar-refractivity contribution in [3.05, 3.63) is 107 Å². The first-order valence-corrected chi connectivity index (χ1v) is 14.1. The first-order chi connectivity index (χ1) is 19.9. The minimum atomic E-state index is -4.51. The van der Waals surface area contributed by atoms with Crippen molar-refractivity contribution in [1.29, 1.82) is 0 Å². The van der Waals surface area contributed by atoms with E-state index in [0.717, 1.165) is 28.6 Å². The largest absolute Gasteiger partial charge is 0.418 e. The van der Waals surface area contributed by atoms with Crippen molar-refractivity contribution in [2.75, 3.05) is 10.2 Å². The molecule has 10 heteroatoms. The van der Waals surface area contributed by atoms with Gasteiger partial charge in [0.1, 0.15) is 0 Å². The third kappa shape index (κ3) is 5.38. The fraction of sp³-hybridized carbons (Fsp3) is 0.281. The maximum atomic E-state index is 14.0. The fourth-order valence-electron chi connectivity index (χ4n) is 5.53. The molecule has 0 saturated carbocycles. The smallest absolute Gasteiger partial charge is 0.351 e. The van der Waals surface area contributed by atoms with E-state index in [2.05, 4.69) is 15.6 Å². The van der Waals surface area contributed by atoms with Gasteiger partial charge in [-0.25, -0.2) is 0 Å². The van der Waals surface area contributed by atoms with Crippen molar-refractivity contribution < 1.29 is 18.0 Å². The number of nitrogens with one attached hydrogen (secondary N) is 2. The number of hydrogen-bond acceptors (Lipinski definition) is 3. The number of nitrogens with zero attached hydrogens (tertiary/aromatic N) is 3. The van der Waals surface area contributed by atoms with Crippen LogP contribution in [0.1, 0.15) is 59.7 Å². The summed E-state index contributed by atoms with van der Waals surface area (Å²) in [6, 6.07) is 18.1. The summed E-state index contributed by atoms with van der Waals surface area (Å²) in [4.78, 5) is 18.9. The van der Waals surface area contributed by atoms with Crippen LogP contribution in [0.4, 0.5) is 24.5 Å². The van der Waals surface area contributed by atoms with Gasteiger partial charge in [-0.15, -0.1) is 0 Å². The number of pyridine rings is 1. The second kappa shape index (κ2) is 11.2. The van der Waals surface area contributed by atoms with Gasteiger partial charge in [-0.1, -0.05) is 32.0 Å². The highest BCUT2D eigenvalue weighted by Gasteiger charge is 2.43. The molecule has 2 N–H and O–H groups in total. The van der Waals surface area contributed by atoms with Crippen LogP contribution in [0.3, 0.4) is 0 Å². The highest BCUT2D eigenvalue weighted by Crippen LogP contribution is 2.45. The number of anilines is 2. The molecular weight excluding hydrogens is 559 g/mol. The summed E-state index contributed by atoms with van der Waals surface area (Å²) in [5.41, 5.74) is 4.63. The molecule has 42 heavy (non-hydrogen) atoms. The van der Waals surface area contributed by atoms with Crippen LogP contribution in [0, 0.1) is 26.7 Å². The Hall–Kier alpha value is -4.18. The van der Waals surface area contributed by atoms with E-state index in [1.807, 2.05) is 75.1 Å². The third-order valence-electron chi connectivity index (χ3n) is 7.61. The van der Waals surface area contributed by atoms with Crippen molar-refractivity contribution in [3.8, 4) is 5.69 Å². The number of aryl methyl sites for hydroxylation is 2. The van der Waals surface area contributed by atoms with Gasteiger partial charge in [0.15, 0.2) is 5.11 Å². The van der Waals surface area contributed by atoms with Gasteiger partial charge in [-0.05, 0) is 92.6 Å². The Labute approximate surface area is 248 Å². The zero-order chi connectivity index (χ0) is 30.3. The van der Waals surface area contributed by atoms with E-state index < -0.39 is 17.8 Å². The van der Waals surface area contributed by atoms with Crippen molar-refractivity contribution in [2.45, 2.75) is 52.9 Å². The predicted molar refractivity (Wildman–Crippen MR) is 163 cm³/mol. The molecular formula is C32H32F3N5OS. The van der Waals surface area contributed by atoms with Gasteiger partial charge >= 0.3 is 6.18 Å².